The van der Waals surface area contributed by atoms with E-state index in [1.807, 2.05) is 0 Å². The second kappa shape index (κ2) is 34.2. The van der Waals surface area contributed by atoms with Gasteiger partial charge < -0.3 is 5.48 Å². The fourth-order valence-electron chi connectivity index (χ4n) is 0. The van der Waals surface area contributed by atoms with Gasteiger partial charge in [0.15, 0.2) is 0 Å². The second-order valence-corrected chi connectivity index (χ2v) is 0. The molecule has 0 heterocycles. The first-order valence-corrected chi connectivity index (χ1v) is 0. The van der Waals surface area contributed by atoms with Crippen molar-refractivity contribution >= 4 is 0 Å². The first-order valence-electron chi connectivity index (χ1n) is 0. The van der Waals surface area contributed by atoms with E-state index < -0.39 is 0 Å². The molecule has 0 amide bonds. The van der Waals surface area contributed by atoms with Gasteiger partial charge in [-0.25, -0.2) is 0 Å². The van der Waals surface area contributed by atoms with Gasteiger partial charge in [-0.2, -0.15) is 0 Å². The van der Waals surface area contributed by atoms with Crippen molar-refractivity contribution in [2.24, 2.45) is 0 Å². The maximum Gasteiger partial charge on any atom is 0 e. The average molecular weight is 298 g/mol. The summed E-state index contributed by atoms with van der Waals surface area (Å²) in [6, 6.07) is 0. The van der Waals surface area contributed by atoms with E-state index in [4.69, 9.17) is 0 Å². The number of hydrogen-bond donors (Lipinski definition) is 0. The molecule has 34 valence electrons. The molecule has 0 aromatic heterocycles. The van der Waals surface area contributed by atoms with Gasteiger partial charge in [-0.15, -0.1) is 0 Å². The van der Waals surface area contributed by atoms with E-state index >= 15 is 0 Å². The summed E-state index contributed by atoms with van der Waals surface area (Å²) in [4.78, 5) is 0. The molecule has 0 saturated carbocycles. The standard InChI is InChI=1S/Co.Mn.H2O.Ru.Zn/h;;1H2;;. The van der Waals surface area contributed by atoms with Crippen molar-refractivity contribution in [3.05, 3.63) is 0 Å². The van der Waals surface area contributed by atoms with E-state index in [9.17, 15) is 0 Å². The van der Waals surface area contributed by atoms with Gasteiger partial charge in [-0.05, 0) is 0 Å². The first kappa shape index (κ1) is 56.4. The molecule has 0 bridgehead atoms. The van der Waals surface area contributed by atoms with Crippen LogP contribution in [0, 0.1) is 0 Å². The Morgan fingerprint density at radius 1 is 1.00 bits per heavy atom. The summed E-state index contributed by atoms with van der Waals surface area (Å²) >= 11 is 0. The zero-order chi connectivity index (χ0) is 0. The predicted octanol–water partition coefficient (Wildman–Crippen LogP) is -0.835. The van der Waals surface area contributed by atoms with Gasteiger partial charge in [0.05, 0.1) is 0 Å². The Labute approximate surface area is 77.5 Å². The predicted molar refractivity (Wildman–Crippen MR) is 3.61 cm³/mol. The van der Waals surface area contributed by atoms with E-state index in [2.05, 4.69) is 0 Å². The monoisotopic (exact) mass is 298 g/mol. The molecule has 0 saturated heterocycles. The summed E-state index contributed by atoms with van der Waals surface area (Å²) in [6.45, 7) is 0. The Hall–Kier alpha value is 2.23. The summed E-state index contributed by atoms with van der Waals surface area (Å²) in [7, 11) is 0. The van der Waals surface area contributed by atoms with Crippen LogP contribution in [-0.2, 0) is 72.8 Å². The molecule has 0 spiro atoms. The van der Waals surface area contributed by atoms with Gasteiger partial charge in [-0.3, -0.25) is 0 Å². The Morgan fingerprint density at radius 2 is 1.00 bits per heavy atom. The van der Waals surface area contributed by atoms with Gasteiger partial charge in [0, 0.05) is 72.8 Å². The minimum Gasteiger partial charge on any atom is -0.412 e. The molecule has 0 aliphatic heterocycles. The van der Waals surface area contributed by atoms with Crippen LogP contribution in [-0.4, -0.2) is 5.48 Å². The van der Waals surface area contributed by atoms with E-state index in [0.717, 1.165) is 0 Å². The minimum absolute atomic E-state index is 0. The fraction of sp³-hybridized carbons (Fsp3) is 0. The molecule has 0 aromatic carbocycles. The van der Waals surface area contributed by atoms with Crippen LogP contribution in [0.5, 0.6) is 0 Å². The van der Waals surface area contributed by atoms with Gasteiger partial charge in [0.25, 0.3) is 0 Å². The van der Waals surface area contributed by atoms with Crippen molar-refractivity contribution in [3.8, 4) is 0 Å². The molecule has 5 heavy (non-hydrogen) atoms. The molecule has 0 rings (SSSR count). The van der Waals surface area contributed by atoms with Crippen LogP contribution in [0.3, 0.4) is 0 Å². The number of hydrogen-bond acceptors (Lipinski definition) is 0. The third-order valence-corrected chi connectivity index (χ3v) is 0. The average Bonchev–Trinajstić information content (AvgIpc) is 0. The van der Waals surface area contributed by atoms with Crippen molar-refractivity contribution in [2.75, 3.05) is 0 Å². The molecule has 0 fully saturated rings. The molecular formula is H2CoMnORuZn. The van der Waals surface area contributed by atoms with Gasteiger partial charge in [-0.1, -0.05) is 0 Å². The number of rotatable bonds is 0. The molecule has 5 heteroatoms. The van der Waals surface area contributed by atoms with Crippen LogP contribution in [0.15, 0.2) is 0 Å². The van der Waals surface area contributed by atoms with Crippen LogP contribution >= 0.6 is 0 Å². The van der Waals surface area contributed by atoms with Crippen LogP contribution in [0.2, 0.25) is 0 Å². The van der Waals surface area contributed by atoms with Crippen LogP contribution in [0.4, 0.5) is 0 Å². The summed E-state index contributed by atoms with van der Waals surface area (Å²) in [6.07, 6.45) is 0. The summed E-state index contributed by atoms with van der Waals surface area (Å²) in [5.74, 6) is 0. The van der Waals surface area contributed by atoms with E-state index in [-0.39, 0.29) is 78.3 Å². The Morgan fingerprint density at radius 3 is 1.00 bits per heavy atom. The van der Waals surface area contributed by atoms with Crippen molar-refractivity contribution in [2.45, 2.75) is 0 Å². The van der Waals surface area contributed by atoms with E-state index in [0.29, 0.717) is 0 Å². The van der Waals surface area contributed by atoms with Crippen molar-refractivity contribution in [3.63, 3.8) is 0 Å². The van der Waals surface area contributed by atoms with Crippen molar-refractivity contribution in [1.29, 1.82) is 0 Å². The fourth-order valence-corrected chi connectivity index (χ4v) is 0. The van der Waals surface area contributed by atoms with Crippen LogP contribution < -0.4 is 0 Å². The first-order chi connectivity index (χ1) is 0. The quantitative estimate of drug-likeness (QED) is 0.523. The normalized spacial score (nSPS) is 0. The molecule has 2 N–H and O–H groups in total. The zero-order valence-electron chi connectivity index (χ0n) is 2.27. The largest absolute Gasteiger partial charge is 0.412 e. The maximum absolute atomic E-state index is 0. The van der Waals surface area contributed by atoms with E-state index in [1.54, 1.807) is 0 Å². The summed E-state index contributed by atoms with van der Waals surface area (Å²) in [5, 5.41) is 0. The third-order valence-electron chi connectivity index (χ3n) is 0. The maximum atomic E-state index is 0. The molecule has 0 aromatic rings. The Balaban J connectivity index is 0. The molecule has 2 radical (unpaired) electrons. The van der Waals surface area contributed by atoms with Gasteiger partial charge in [0.1, 0.15) is 0 Å². The second-order valence-electron chi connectivity index (χ2n) is 0. The molecular weight excluding hydrogens is 296 g/mol. The van der Waals surface area contributed by atoms with Crippen LogP contribution in [0.25, 0.3) is 0 Å². The third kappa shape index (κ3) is 22.4. The minimum atomic E-state index is 0. The van der Waals surface area contributed by atoms with Crippen LogP contribution in [0.1, 0.15) is 0 Å². The molecule has 0 aliphatic carbocycles. The zero-order valence-corrected chi connectivity index (χ0v) is 9.20. The van der Waals surface area contributed by atoms with Crippen molar-refractivity contribution in [1.82, 2.24) is 0 Å². The molecule has 0 atom stereocenters. The molecule has 0 aliphatic rings. The molecule has 1 nitrogen and oxygen atoms in total. The summed E-state index contributed by atoms with van der Waals surface area (Å²) < 4.78 is 0. The molecule has 0 unspecified atom stereocenters. The Kier molecular flexibility index (Phi) is 386. The Bertz CT molecular complexity index is 11.6. The SMILES string of the molecule is O.[Co].[Mn].[Ru].[Zn]. The van der Waals surface area contributed by atoms with Crippen molar-refractivity contribution < 1.29 is 78.3 Å². The summed E-state index contributed by atoms with van der Waals surface area (Å²) in [5.41, 5.74) is 0. The van der Waals surface area contributed by atoms with Gasteiger partial charge >= 0.3 is 0 Å². The van der Waals surface area contributed by atoms with Gasteiger partial charge in [0.2, 0.25) is 0 Å². The smallest absolute Gasteiger partial charge is 0 e. The van der Waals surface area contributed by atoms with E-state index in [1.165, 1.54) is 0 Å². The topological polar surface area (TPSA) is 31.5 Å².